The van der Waals surface area contributed by atoms with Gasteiger partial charge >= 0.3 is 18.0 Å². The number of carboxylic acid groups (broad SMARTS) is 1. The molecule has 0 spiro atoms. The second kappa shape index (κ2) is 15.1. The molecule has 0 aromatic carbocycles. The molecule has 11 heteroatoms. The first-order valence-corrected chi connectivity index (χ1v) is 12.9. The van der Waals surface area contributed by atoms with Gasteiger partial charge in [0.1, 0.15) is 12.8 Å². The van der Waals surface area contributed by atoms with Crippen molar-refractivity contribution in [2.75, 3.05) is 12.3 Å². The molecule has 10 nitrogen and oxygen atoms in total. The topological polar surface area (TPSA) is 142 Å². The molecule has 1 aliphatic heterocycles. The molecule has 0 amide bonds. The molecule has 2 atom stereocenters. The number of carboxylic acids is 1. The molecule has 0 radical (unpaired) electrons. The number of aromatic nitrogens is 4. The lowest BCUT2D eigenvalue weighted by molar-refractivity contribution is -0.152. The minimum atomic E-state index is -1.03. The summed E-state index contributed by atoms with van der Waals surface area (Å²) in [5, 5.41) is 8.21. The molecule has 37 heavy (non-hydrogen) atoms. The number of nitrogens with two attached hydrogens (primary N) is 1. The van der Waals surface area contributed by atoms with Crippen molar-refractivity contribution in [3.63, 3.8) is 0 Å². The fraction of sp³-hybridized carbons (Fsp3) is 0.654. The van der Waals surface area contributed by atoms with E-state index < -0.39 is 23.9 Å². The number of aliphatic carboxylic acids is 1. The van der Waals surface area contributed by atoms with Crippen LogP contribution < -0.4 is 5.73 Å². The molecule has 1 saturated heterocycles. The Labute approximate surface area is 217 Å². The van der Waals surface area contributed by atoms with E-state index in [4.69, 9.17) is 26.7 Å². The standard InChI is InChI=1S/C19H24FN5O3.C7H14O2/c1-3-5-6-7-8-14(26)27-11-19(4-2)10-9-13(28-19)25-12-22-15-16(21)23-18(20)24-17(15)25;1-2-3-4-5-6-7(8)9/h2,12-13H,3,5-11H2,1H3,(H2,21,23,24);2-6H2,1H3,(H,8,9). The first kappa shape index (κ1) is 30.0. The van der Waals surface area contributed by atoms with E-state index in [-0.39, 0.29) is 24.0 Å². The van der Waals surface area contributed by atoms with Gasteiger partial charge in [-0.3, -0.25) is 14.2 Å². The number of ether oxygens (including phenoxy) is 2. The smallest absolute Gasteiger partial charge is 0.312 e. The lowest BCUT2D eigenvalue weighted by Crippen LogP contribution is -2.34. The van der Waals surface area contributed by atoms with E-state index in [1.165, 1.54) is 12.7 Å². The molecular weight excluding hydrogens is 481 g/mol. The number of esters is 1. The number of hydrogen-bond acceptors (Lipinski definition) is 8. The van der Waals surface area contributed by atoms with E-state index >= 15 is 0 Å². The van der Waals surface area contributed by atoms with Crippen molar-refractivity contribution in [2.45, 2.75) is 103 Å². The van der Waals surface area contributed by atoms with Gasteiger partial charge in [-0.25, -0.2) is 4.98 Å². The molecule has 2 aromatic rings. The van der Waals surface area contributed by atoms with Crippen LogP contribution in [0, 0.1) is 18.4 Å². The van der Waals surface area contributed by atoms with Crippen LogP contribution in [0.2, 0.25) is 0 Å². The largest absolute Gasteiger partial charge is 0.481 e. The number of nitrogens with zero attached hydrogens (tertiary/aromatic N) is 4. The number of terminal acetylenes is 1. The fourth-order valence-electron chi connectivity index (χ4n) is 3.97. The first-order valence-electron chi connectivity index (χ1n) is 12.9. The summed E-state index contributed by atoms with van der Waals surface area (Å²) < 4.78 is 26.5. The van der Waals surface area contributed by atoms with Gasteiger partial charge in [-0.05, 0) is 25.7 Å². The van der Waals surface area contributed by atoms with Gasteiger partial charge in [0.25, 0.3) is 0 Å². The molecule has 1 aliphatic rings. The van der Waals surface area contributed by atoms with Gasteiger partial charge in [-0.1, -0.05) is 58.3 Å². The maximum absolute atomic E-state index is 13.5. The monoisotopic (exact) mass is 519 g/mol. The third-order valence-corrected chi connectivity index (χ3v) is 6.10. The highest BCUT2D eigenvalue weighted by molar-refractivity contribution is 5.81. The van der Waals surface area contributed by atoms with Crippen molar-refractivity contribution < 1.29 is 28.6 Å². The van der Waals surface area contributed by atoms with E-state index in [0.717, 1.165) is 44.9 Å². The molecule has 3 N–H and O–H groups in total. The van der Waals surface area contributed by atoms with E-state index in [9.17, 15) is 14.0 Å². The van der Waals surface area contributed by atoms with Crippen LogP contribution in [0.5, 0.6) is 0 Å². The highest BCUT2D eigenvalue weighted by atomic mass is 19.1. The Bertz CT molecular complexity index is 1070. The summed E-state index contributed by atoms with van der Waals surface area (Å²) in [6.45, 7) is 4.20. The average molecular weight is 520 g/mol. The van der Waals surface area contributed by atoms with Crippen LogP contribution in [-0.4, -0.2) is 48.8 Å². The van der Waals surface area contributed by atoms with Gasteiger partial charge in [0, 0.05) is 12.8 Å². The SMILES string of the molecule is C#CC1(COC(=O)CCCCCC)CCC(n2cnc3c(N)nc(F)nc32)O1.CCCCCCC(=O)O. The lowest BCUT2D eigenvalue weighted by Gasteiger charge is -2.23. The van der Waals surface area contributed by atoms with Gasteiger partial charge in [0.05, 0.1) is 6.33 Å². The van der Waals surface area contributed by atoms with Crippen LogP contribution in [0.1, 0.15) is 97.1 Å². The van der Waals surface area contributed by atoms with Crippen LogP contribution in [-0.2, 0) is 19.1 Å². The minimum Gasteiger partial charge on any atom is -0.481 e. The number of anilines is 1. The van der Waals surface area contributed by atoms with Gasteiger partial charge < -0.3 is 20.3 Å². The second-order valence-corrected chi connectivity index (χ2v) is 9.13. The van der Waals surface area contributed by atoms with E-state index in [1.54, 1.807) is 4.57 Å². The Balaban J connectivity index is 0.000000458. The maximum atomic E-state index is 13.5. The second-order valence-electron chi connectivity index (χ2n) is 9.13. The van der Waals surface area contributed by atoms with Crippen molar-refractivity contribution in [2.24, 2.45) is 0 Å². The zero-order chi connectivity index (χ0) is 27.3. The van der Waals surface area contributed by atoms with Crippen LogP contribution in [0.25, 0.3) is 11.2 Å². The number of hydrogen-bond donors (Lipinski definition) is 2. The number of rotatable bonds is 13. The molecule has 3 rings (SSSR count). The Morgan fingerprint density at radius 1 is 1.22 bits per heavy atom. The highest BCUT2D eigenvalue weighted by Crippen LogP contribution is 2.38. The number of carbonyl (C=O) groups excluding carboxylic acids is 1. The third-order valence-electron chi connectivity index (χ3n) is 6.10. The quantitative estimate of drug-likeness (QED) is 0.165. The van der Waals surface area contributed by atoms with E-state index in [2.05, 4.69) is 34.7 Å². The van der Waals surface area contributed by atoms with Crippen molar-refractivity contribution in [1.82, 2.24) is 19.5 Å². The fourth-order valence-corrected chi connectivity index (χ4v) is 3.97. The molecular formula is C26H38FN5O5. The van der Waals surface area contributed by atoms with E-state index in [1.807, 2.05) is 0 Å². The third kappa shape index (κ3) is 9.28. The normalized spacial score (nSPS) is 18.7. The Morgan fingerprint density at radius 3 is 2.51 bits per heavy atom. The van der Waals surface area contributed by atoms with Gasteiger partial charge in [0.2, 0.25) is 0 Å². The highest BCUT2D eigenvalue weighted by Gasteiger charge is 2.41. The van der Waals surface area contributed by atoms with E-state index in [0.29, 0.717) is 31.2 Å². The zero-order valence-electron chi connectivity index (χ0n) is 21.7. The molecule has 1 fully saturated rings. The molecule has 3 heterocycles. The molecule has 2 unspecified atom stereocenters. The predicted molar refractivity (Wildman–Crippen MR) is 137 cm³/mol. The summed E-state index contributed by atoms with van der Waals surface area (Å²) in [5.74, 6) is 1.61. The van der Waals surface area contributed by atoms with Crippen molar-refractivity contribution >= 4 is 28.9 Å². The number of halogens is 1. The van der Waals surface area contributed by atoms with Crippen LogP contribution in [0.4, 0.5) is 10.2 Å². The van der Waals surface area contributed by atoms with Crippen LogP contribution in [0.3, 0.4) is 0 Å². The average Bonchev–Trinajstić information content (AvgIpc) is 3.48. The van der Waals surface area contributed by atoms with Gasteiger partial charge in [-0.2, -0.15) is 14.4 Å². The Kier molecular flexibility index (Phi) is 12.2. The summed E-state index contributed by atoms with van der Waals surface area (Å²) >= 11 is 0. The zero-order valence-corrected chi connectivity index (χ0v) is 21.7. The van der Waals surface area contributed by atoms with Crippen molar-refractivity contribution in [1.29, 1.82) is 0 Å². The summed E-state index contributed by atoms with van der Waals surface area (Å²) in [6.07, 6.45) is 15.6. The first-order chi connectivity index (χ1) is 17.7. The Morgan fingerprint density at radius 2 is 1.89 bits per heavy atom. The minimum absolute atomic E-state index is 0.0231. The van der Waals surface area contributed by atoms with Gasteiger partial charge in [-0.15, -0.1) is 6.42 Å². The summed E-state index contributed by atoms with van der Waals surface area (Å²) in [4.78, 5) is 33.3. The number of nitrogen functional groups attached to an aromatic ring is 1. The summed E-state index contributed by atoms with van der Waals surface area (Å²) in [5.41, 5.74) is 5.19. The maximum Gasteiger partial charge on any atom is 0.312 e. The van der Waals surface area contributed by atoms with Crippen LogP contribution in [0.15, 0.2) is 6.33 Å². The predicted octanol–water partition coefficient (Wildman–Crippen LogP) is 4.78. The molecule has 204 valence electrons. The Hall–Kier alpha value is -3.26. The van der Waals surface area contributed by atoms with Crippen LogP contribution >= 0.6 is 0 Å². The number of fused-ring (bicyclic) bond motifs is 1. The van der Waals surface area contributed by atoms with Crippen molar-refractivity contribution in [3.8, 4) is 12.3 Å². The van der Waals surface area contributed by atoms with Crippen molar-refractivity contribution in [3.05, 3.63) is 12.4 Å². The van der Waals surface area contributed by atoms with Gasteiger partial charge in [0.15, 0.2) is 22.6 Å². The molecule has 0 saturated carbocycles. The molecule has 0 aliphatic carbocycles. The molecule has 2 aromatic heterocycles. The number of imidazole rings is 1. The number of unbranched alkanes of at least 4 members (excludes halogenated alkanes) is 6. The summed E-state index contributed by atoms with van der Waals surface area (Å²) in [7, 11) is 0. The molecule has 0 bridgehead atoms. The number of carbonyl (C=O) groups is 2. The lowest BCUT2D eigenvalue weighted by atomic mass is 10.0. The summed E-state index contributed by atoms with van der Waals surface area (Å²) in [6, 6.07) is 0.